The van der Waals surface area contributed by atoms with E-state index in [0.29, 0.717) is 17.8 Å². The fourth-order valence-electron chi connectivity index (χ4n) is 2.17. The van der Waals surface area contributed by atoms with Crippen LogP contribution in [0.5, 0.6) is 0 Å². The lowest BCUT2D eigenvalue weighted by molar-refractivity contribution is 0.0269. The molecule has 0 bridgehead atoms. The van der Waals surface area contributed by atoms with E-state index in [2.05, 4.69) is 0 Å². The van der Waals surface area contributed by atoms with Crippen molar-refractivity contribution in [2.24, 2.45) is 0 Å². The predicted octanol–water partition coefficient (Wildman–Crippen LogP) is 1.52. The van der Waals surface area contributed by atoms with Crippen LogP contribution in [-0.4, -0.2) is 37.1 Å². The SMILES string of the molecule is COC1CCCN(C(=O)c2cccc(N)c2)C1. The lowest BCUT2D eigenvalue weighted by atomic mass is 10.1. The number of piperidine rings is 1. The third-order valence-electron chi connectivity index (χ3n) is 3.13. The van der Waals surface area contributed by atoms with Crippen molar-refractivity contribution in [2.75, 3.05) is 25.9 Å². The highest BCUT2D eigenvalue weighted by Gasteiger charge is 2.24. The summed E-state index contributed by atoms with van der Waals surface area (Å²) in [6.07, 6.45) is 2.18. The molecule has 0 spiro atoms. The first-order valence-corrected chi connectivity index (χ1v) is 5.88. The molecular formula is C13H18N2O2. The van der Waals surface area contributed by atoms with Crippen LogP contribution in [0.1, 0.15) is 23.2 Å². The summed E-state index contributed by atoms with van der Waals surface area (Å²) in [4.78, 5) is 14.1. The van der Waals surface area contributed by atoms with Gasteiger partial charge in [0.05, 0.1) is 6.10 Å². The van der Waals surface area contributed by atoms with Gasteiger partial charge in [-0.15, -0.1) is 0 Å². The molecule has 92 valence electrons. The van der Waals surface area contributed by atoms with E-state index in [4.69, 9.17) is 10.5 Å². The Bertz CT molecular complexity index is 406. The minimum absolute atomic E-state index is 0.0408. The Kier molecular flexibility index (Phi) is 3.64. The highest BCUT2D eigenvalue weighted by atomic mass is 16.5. The van der Waals surface area contributed by atoms with Crippen LogP contribution in [0, 0.1) is 0 Å². The van der Waals surface area contributed by atoms with Gasteiger partial charge in [-0.3, -0.25) is 4.79 Å². The minimum Gasteiger partial charge on any atom is -0.399 e. The second-order valence-electron chi connectivity index (χ2n) is 4.38. The van der Waals surface area contributed by atoms with E-state index >= 15 is 0 Å². The summed E-state index contributed by atoms with van der Waals surface area (Å²) >= 11 is 0. The Balaban J connectivity index is 2.09. The number of carbonyl (C=O) groups excluding carboxylic acids is 1. The Labute approximate surface area is 101 Å². The van der Waals surface area contributed by atoms with Crippen molar-refractivity contribution >= 4 is 11.6 Å². The number of nitrogens with two attached hydrogens (primary N) is 1. The monoisotopic (exact) mass is 234 g/mol. The van der Waals surface area contributed by atoms with E-state index in [1.54, 1.807) is 31.4 Å². The van der Waals surface area contributed by atoms with Gasteiger partial charge >= 0.3 is 0 Å². The number of hydrogen-bond donors (Lipinski definition) is 1. The summed E-state index contributed by atoms with van der Waals surface area (Å²) in [6.45, 7) is 1.47. The summed E-state index contributed by atoms with van der Waals surface area (Å²) < 4.78 is 5.31. The van der Waals surface area contributed by atoms with Crippen LogP contribution >= 0.6 is 0 Å². The number of amides is 1. The molecule has 1 aromatic rings. The molecule has 4 heteroatoms. The number of hydrogen-bond acceptors (Lipinski definition) is 3. The number of nitrogens with zero attached hydrogens (tertiary/aromatic N) is 1. The summed E-state index contributed by atoms with van der Waals surface area (Å²) in [6, 6.07) is 7.11. The fraction of sp³-hybridized carbons (Fsp3) is 0.462. The largest absolute Gasteiger partial charge is 0.399 e. The van der Waals surface area contributed by atoms with Crippen LogP contribution in [0.4, 0.5) is 5.69 Å². The van der Waals surface area contributed by atoms with E-state index in [0.717, 1.165) is 19.4 Å². The number of ether oxygens (including phenoxy) is 1. The Hall–Kier alpha value is -1.55. The van der Waals surface area contributed by atoms with Crippen molar-refractivity contribution in [3.05, 3.63) is 29.8 Å². The van der Waals surface area contributed by atoms with Gasteiger partial charge in [-0.25, -0.2) is 0 Å². The summed E-state index contributed by atoms with van der Waals surface area (Å²) in [5, 5.41) is 0. The molecule has 1 aliphatic rings. The lowest BCUT2D eigenvalue weighted by Gasteiger charge is -2.32. The first-order valence-electron chi connectivity index (χ1n) is 5.88. The standard InChI is InChI=1S/C13H18N2O2/c1-17-12-6-3-7-15(9-12)13(16)10-4-2-5-11(14)8-10/h2,4-5,8,12H,3,6-7,9,14H2,1H3. The molecule has 1 heterocycles. The smallest absolute Gasteiger partial charge is 0.254 e. The summed E-state index contributed by atoms with van der Waals surface area (Å²) in [5.74, 6) is 0.0408. The van der Waals surface area contributed by atoms with E-state index < -0.39 is 0 Å². The van der Waals surface area contributed by atoms with Crippen LogP contribution in [-0.2, 0) is 4.74 Å². The predicted molar refractivity (Wildman–Crippen MR) is 66.8 cm³/mol. The molecule has 1 fully saturated rings. The Morgan fingerprint density at radius 1 is 1.53 bits per heavy atom. The fourth-order valence-corrected chi connectivity index (χ4v) is 2.17. The van der Waals surface area contributed by atoms with Gasteiger partial charge in [0.25, 0.3) is 5.91 Å². The average Bonchev–Trinajstić information content (AvgIpc) is 2.38. The van der Waals surface area contributed by atoms with Gasteiger partial charge in [0.15, 0.2) is 0 Å². The molecule has 4 nitrogen and oxygen atoms in total. The lowest BCUT2D eigenvalue weighted by Crippen LogP contribution is -2.42. The van der Waals surface area contributed by atoms with Crippen LogP contribution in [0.25, 0.3) is 0 Å². The van der Waals surface area contributed by atoms with Crippen molar-refractivity contribution in [2.45, 2.75) is 18.9 Å². The zero-order chi connectivity index (χ0) is 12.3. The Morgan fingerprint density at radius 3 is 3.06 bits per heavy atom. The maximum Gasteiger partial charge on any atom is 0.254 e. The van der Waals surface area contributed by atoms with Crippen molar-refractivity contribution < 1.29 is 9.53 Å². The Morgan fingerprint density at radius 2 is 2.35 bits per heavy atom. The van der Waals surface area contributed by atoms with Crippen molar-refractivity contribution in [1.82, 2.24) is 4.90 Å². The molecule has 0 saturated carbocycles. The molecule has 1 atom stereocenters. The summed E-state index contributed by atoms with van der Waals surface area (Å²) in [7, 11) is 1.69. The molecule has 1 amide bonds. The van der Waals surface area contributed by atoms with Crippen LogP contribution in [0.15, 0.2) is 24.3 Å². The highest BCUT2D eigenvalue weighted by molar-refractivity contribution is 5.95. The van der Waals surface area contributed by atoms with Crippen molar-refractivity contribution in [1.29, 1.82) is 0 Å². The van der Waals surface area contributed by atoms with Gasteiger partial charge in [0.1, 0.15) is 0 Å². The first kappa shape index (κ1) is 11.9. The maximum atomic E-state index is 12.2. The highest BCUT2D eigenvalue weighted by Crippen LogP contribution is 2.16. The number of nitrogen functional groups attached to an aromatic ring is 1. The van der Waals surface area contributed by atoms with E-state index in [9.17, 15) is 4.79 Å². The molecular weight excluding hydrogens is 216 g/mol. The third-order valence-corrected chi connectivity index (χ3v) is 3.13. The number of likely N-dealkylation sites (tertiary alicyclic amines) is 1. The molecule has 1 unspecified atom stereocenters. The van der Waals surface area contributed by atoms with Gasteiger partial charge in [-0.1, -0.05) is 6.07 Å². The second kappa shape index (κ2) is 5.19. The molecule has 1 saturated heterocycles. The van der Waals surface area contributed by atoms with Crippen molar-refractivity contribution in [3.63, 3.8) is 0 Å². The zero-order valence-corrected chi connectivity index (χ0v) is 10.1. The third kappa shape index (κ3) is 2.77. The topological polar surface area (TPSA) is 55.6 Å². The van der Waals surface area contributed by atoms with Gasteiger partial charge in [0.2, 0.25) is 0 Å². The summed E-state index contributed by atoms with van der Waals surface area (Å²) in [5.41, 5.74) is 6.96. The molecule has 1 aliphatic heterocycles. The number of carbonyl (C=O) groups is 1. The first-order chi connectivity index (χ1) is 8.20. The van der Waals surface area contributed by atoms with E-state index in [1.807, 2.05) is 4.90 Å². The molecule has 0 aromatic heterocycles. The van der Waals surface area contributed by atoms with Crippen LogP contribution in [0.3, 0.4) is 0 Å². The number of benzene rings is 1. The maximum absolute atomic E-state index is 12.2. The van der Waals surface area contributed by atoms with Gasteiger partial charge in [-0.2, -0.15) is 0 Å². The van der Waals surface area contributed by atoms with Gasteiger partial charge < -0.3 is 15.4 Å². The van der Waals surface area contributed by atoms with E-state index in [-0.39, 0.29) is 12.0 Å². The van der Waals surface area contributed by atoms with E-state index in [1.165, 1.54) is 0 Å². The number of anilines is 1. The molecule has 17 heavy (non-hydrogen) atoms. The molecule has 2 rings (SSSR count). The van der Waals surface area contributed by atoms with Gasteiger partial charge in [0, 0.05) is 31.5 Å². The van der Waals surface area contributed by atoms with Crippen LogP contribution < -0.4 is 5.73 Å². The normalized spacial score (nSPS) is 20.3. The van der Waals surface area contributed by atoms with Gasteiger partial charge in [-0.05, 0) is 31.0 Å². The molecule has 1 aromatic carbocycles. The second-order valence-corrected chi connectivity index (χ2v) is 4.38. The number of methoxy groups -OCH3 is 1. The molecule has 2 N–H and O–H groups in total. The number of rotatable bonds is 2. The molecule has 0 radical (unpaired) electrons. The molecule has 0 aliphatic carbocycles. The quantitative estimate of drug-likeness (QED) is 0.789. The van der Waals surface area contributed by atoms with Crippen molar-refractivity contribution in [3.8, 4) is 0 Å². The average molecular weight is 234 g/mol. The zero-order valence-electron chi connectivity index (χ0n) is 10.1. The van der Waals surface area contributed by atoms with Crippen LogP contribution in [0.2, 0.25) is 0 Å². The minimum atomic E-state index is 0.0408.